The van der Waals surface area contributed by atoms with Crippen molar-refractivity contribution in [3.63, 3.8) is 0 Å². The van der Waals surface area contributed by atoms with Gasteiger partial charge in [-0.2, -0.15) is 0 Å². The molecule has 2 fully saturated rings. The number of anilines is 1. The molecule has 5 rings (SSSR count). The Hall–Kier alpha value is -2.19. The number of nitrogens with one attached hydrogen (secondary N) is 3. The number of aromatic amines is 1. The van der Waals surface area contributed by atoms with Crippen LogP contribution in [0.15, 0.2) is 24.4 Å². The summed E-state index contributed by atoms with van der Waals surface area (Å²) in [4.78, 5) is 19.8. The lowest BCUT2D eigenvalue weighted by Gasteiger charge is -2.23. The van der Waals surface area contributed by atoms with E-state index in [0.717, 1.165) is 55.1 Å². The molecule has 3 aliphatic rings. The zero-order valence-corrected chi connectivity index (χ0v) is 16.4. The van der Waals surface area contributed by atoms with Gasteiger partial charge >= 0.3 is 0 Å². The molecule has 0 radical (unpaired) electrons. The number of pyridine rings is 1. The van der Waals surface area contributed by atoms with E-state index < -0.39 is 10.0 Å². The van der Waals surface area contributed by atoms with Crippen molar-refractivity contribution in [2.75, 3.05) is 5.32 Å². The number of hydrogen-bond acceptors (Lipinski definition) is 4. The predicted molar refractivity (Wildman–Crippen MR) is 108 cm³/mol. The summed E-state index contributed by atoms with van der Waals surface area (Å²) in [5.41, 5.74) is 2.98. The molecule has 2 heterocycles. The van der Waals surface area contributed by atoms with E-state index in [0.29, 0.717) is 12.2 Å². The van der Waals surface area contributed by atoms with Crippen molar-refractivity contribution in [1.29, 1.82) is 0 Å². The fourth-order valence-corrected chi connectivity index (χ4v) is 5.46. The summed E-state index contributed by atoms with van der Waals surface area (Å²) >= 11 is 0. The Morgan fingerprint density at radius 2 is 2.00 bits per heavy atom. The fourth-order valence-electron chi connectivity index (χ4n) is 3.83. The number of sulfonamides is 1. The van der Waals surface area contributed by atoms with Gasteiger partial charge in [0.25, 0.3) is 0 Å². The molecule has 1 unspecified atom stereocenters. The van der Waals surface area contributed by atoms with E-state index in [1.165, 1.54) is 5.57 Å². The van der Waals surface area contributed by atoms with E-state index in [4.69, 9.17) is 0 Å². The van der Waals surface area contributed by atoms with Crippen LogP contribution in [0.3, 0.4) is 0 Å². The Balaban J connectivity index is 1.37. The molecule has 0 aromatic carbocycles. The second-order valence-corrected chi connectivity index (χ2v) is 10.1. The smallest absolute Gasteiger partial charge is 0.228 e. The minimum absolute atomic E-state index is 0.0352. The predicted octanol–water partition coefficient (Wildman–Crippen LogP) is 2.93. The van der Waals surface area contributed by atoms with Crippen LogP contribution >= 0.6 is 0 Å². The molecule has 28 heavy (non-hydrogen) atoms. The van der Waals surface area contributed by atoms with Gasteiger partial charge in [-0.3, -0.25) is 4.79 Å². The molecule has 0 bridgehead atoms. The number of fused-ring (bicyclic) bond motifs is 1. The number of allylic oxidation sites excluding steroid dienone is 1. The first kappa shape index (κ1) is 17.9. The lowest BCUT2D eigenvalue weighted by Crippen LogP contribution is -2.37. The number of carbonyl (C=O) groups is 1. The highest BCUT2D eigenvalue weighted by Crippen LogP contribution is 2.35. The number of aromatic nitrogens is 2. The van der Waals surface area contributed by atoms with Crippen LogP contribution in [-0.4, -0.2) is 35.6 Å². The Morgan fingerprint density at radius 3 is 2.68 bits per heavy atom. The minimum Gasteiger partial charge on any atom is -0.346 e. The van der Waals surface area contributed by atoms with Gasteiger partial charge in [0.05, 0.1) is 5.25 Å². The number of hydrogen-bond donors (Lipinski definition) is 3. The summed E-state index contributed by atoms with van der Waals surface area (Å²) in [5.74, 6) is 0.731. The Labute approximate surface area is 164 Å². The first-order valence-electron chi connectivity index (χ1n) is 9.99. The summed E-state index contributed by atoms with van der Waals surface area (Å²) in [5, 5.41) is 3.77. The van der Waals surface area contributed by atoms with Crippen molar-refractivity contribution in [2.45, 2.75) is 56.2 Å². The van der Waals surface area contributed by atoms with Crippen molar-refractivity contribution in [2.24, 2.45) is 5.92 Å². The molecule has 0 aliphatic heterocycles. The lowest BCUT2D eigenvalue weighted by molar-refractivity contribution is -0.117. The average Bonchev–Trinajstić information content (AvgIpc) is 3.57. The second kappa shape index (κ2) is 6.70. The van der Waals surface area contributed by atoms with Gasteiger partial charge in [0.2, 0.25) is 15.9 Å². The first-order chi connectivity index (χ1) is 13.5. The molecule has 8 heteroatoms. The van der Waals surface area contributed by atoms with E-state index in [1.54, 1.807) is 0 Å². The molecule has 2 saturated carbocycles. The minimum atomic E-state index is -3.16. The van der Waals surface area contributed by atoms with E-state index in [1.807, 2.05) is 18.3 Å². The first-order valence-corrected chi connectivity index (χ1v) is 11.5. The van der Waals surface area contributed by atoms with Gasteiger partial charge in [0, 0.05) is 23.5 Å². The highest BCUT2D eigenvalue weighted by atomic mass is 32.2. The number of H-pyrrole nitrogens is 1. The van der Waals surface area contributed by atoms with Crippen LogP contribution in [0.2, 0.25) is 0 Å². The molecule has 0 spiro atoms. The van der Waals surface area contributed by atoms with E-state index in [9.17, 15) is 13.2 Å². The molecule has 1 atom stereocenters. The van der Waals surface area contributed by atoms with Gasteiger partial charge in [0.1, 0.15) is 11.5 Å². The topological polar surface area (TPSA) is 104 Å². The van der Waals surface area contributed by atoms with Crippen molar-refractivity contribution < 1.29 is 13.2 Å². The second-order valence-electron chi connectivity index (χ2n) is 8.12. The molecular formula is C20H24N4O3S. The molecule has 2 aromatic heterocycles. The van der Waals surface area contributed by atoms with Crippen LogP contribution in [0.25, 0.3) is 16.6 Å². The number of carbonyl (C=O) groups excluding carboxylic acids is 1. The Kier molecular flexibility index (Phi) is 4.28. The summed E-state index contributed by atoms with van der Waals surface area (Å²) in [6.45, 7) is 0. The lowest BCUT2D eigenvalue weighted by atomic mass is 9.90. The van der Waals surface area contributed by atoms with Gasteiger partial charge in [-0.15, -0.1) is 0 Å². The van der Waals surface area contributed by atoms with E-state index >= 15 is 0 Å². The van der Waals surface area contributed by atoms with Gasteiger partial charge < -0.3 is 10.3 Å². The van der Waals surface area contributed by atoms with E-state index in [-0.39, 0.29) is 23.1 Å². The third kappa shape index (κ3) is 3.58. The molecule has 7 nitrogen and oxygen atoms in total. The largest absolute Gasteiger partial charge is 0.346 e. The monoisotopic (exact) mass is 400 g/mol. The van der Waals surface area contributed by atoms with Crippen molar-refractivity contribution in [3.8, 4) is 0 Å². The van der Waals surface area contributed by atoms with Gasteiger partial charge in [0.15, 0.2) is 0 Å². The fraction of sp³-hybridized carbons (Fsp3) is 0.500. The zero-order valence-electron chi connectivity index (χ0n) is 15.6. The van der Waals surface area contributed by atoms with Gasteiger partial charge in [-0.1, -0.05) is 6.08 Å². The molecule has 3 N–H and O–H groups in total. The maximum absolute atomic E-state index is 12.2. The molecule has 148 valence electrons. The molecular weight excluding hydrogens is 376 g/mol. The average molecular weight is 401 g/mol. The van der Waals surface area contributed by atoms with Crippen LogP contribution in [-0.2, 0) is 14.8 Å². The highest BCUT2D eigenvalue weighted by Gasteiger charge is 2.37. The molecule has 2 aromatic rings. The number of amides is 1. The van der Waals surface area contributed by atoms with E-state index in [2.05, 4.69) is 26.1 Å². The van der Waals surface area contributed by atoms with Crippen molar-refractivity contribution >= 4 is 38.4 Å². The van der Waals surface area contributed by atoms with Crippen LogP contribution in [0.5, 0.6) is 0 Å². The normalized spacial score (nSPS) is 22.9. The van der Waals surface area contributed by atoms with Crippen LogP contribution in [0, 0.1) is 5.92 Å². The number of nitrogens with zero attached hydrogens (tertiary/aromatic N) is 1. The Bertz CT molecular complexity index is 1060. The standard InChI is InChI=1S/C20H24N4O3S/c25-20(13-1-2-13)23-18-11-17(16-9-10-21-19(16)22-18)12-3-5-14(6-4-12)24-28(26,27)15-7-8-15/h3,9-11,13-15,24H,1-2,4-8H2,(H2,21,22,23,25). The highest BCUT2D eigenvalue weighted by molar-refractivity contribution is 7.90. The summed E-state index contributed by atoms with van der Waals surface area (Å²) < 4.78 is 27.2. The molecule has 1 amide bonds. The van der Waals surface area contributed by atoms with Crippen molar-refractivity contribution in [1.82, 2.24) is 14.7 Å². The number of rotatable bonds is 6. The van der Waals surface area contributed by atoms with Crippen LogP contribution < -0.4 is 10.0 Å². The van der Waals surface area contributed by atoms with Crippen LogP contribution in [0.1, 0.15) is 50.5 Å². The van der Waals surface area contributed by atoms with Gasteiger partial charge in [-0.05, 0) is 68.2 Å². The Morgan fingerprint density at radius 1 is 1.18 bits per heavy atom. The van der Waals surface area contributed by atoms with Crippen LogP contribution in [0.4, 0.5) is 5.82 Å². The quantitative estimate of drug-likeness (QED) is 0.693. The van der Waals surface area contributed by atoms with Crippen molar-refractivity contribution in [3.05, 3.63) is 30.0 Å². The third-order valence-electron chi connectivity index (χ3n) is 5.78. The SMILES string of the molecule is O=C(Nc1cc(C2=CCC(NS(=O)(=O)C3CC3)CC2)c2cc[nH]c2n1)C1CC1. The third-order valence-corrected chi connectivity index (χ3v) is 7.79. The molecule has 3 aliphatic carbocycles. The zero-order chi connectivity index (χ0) is 19.3. The maximum Gasteiger partial charge on any atom is 0.228 e. The maximum atomic E-state index is 12.2. The summed E-state index contributed by atoms with van der Waals surface area (Å²) in [7, 11) is -3.16. The summed E-state index contributed by atoms with van der Waals surface area (Å²) in [6.07, 6.45) is 9.68. The molecule has 0 saturated heterocycles. The summed E-state index contributed by atoms with van der Waals surface area (Å²) in [6, 6.07) is 3.90. The van der Waals surface area contributed by atoms with Gasteiger partial charge in [-0.25, -0.2) is 18.1 Å².